The standard InChI is InChI=1S/C32H30N8O4/c41-31-11-7-21-5-9-27(13-29(21)33-31)43-19-25-17-39(37-35-25)15-23-3-1-2-4-24(23)16-40-18-26(36-38-40)20-44-28-10-6-22-8-12-32(42)34-30(22)14-28/h1-6,9-10,13-14,17-18H,7-8,11-12,15-16,19-20H2,(H,33,41)(H,34,42). The van der Waals surface area contributed by atoms with Crippen LogP contribution in [0.5, 0.6) is 11.5 Å². The summed E-state index contributed by atoms with van der Waals surface area (Å²) >= 11 is 0. The normalized spacial score (nSPS) is 13.9. The first-order valence-electron chi connectivity index (χ1n) is 14.5. The monoisotopic (exact) mass is 590 g/mol. The van der Waals surface area contributed by atoms with Crippen LogP contribution in [0.4, 0.5) is 11.4 Å². The largest absolute Gasteiger partial charge is 0.487 e. The molecular formula is C32H30N8O4. The molecule has 222 valence electrons. The van der Waals surface area contributed by atoms with E-state index in [1.807, 2.05) is 60.9 Å². The van der Waals surface area contributed by atoms with Gasteiger partial charge in [-0.15, -0.1) is 10.2 Å². The fraction of sp³-hybridized carbons (Fsp3) is 0.250. The number of nitrogens with zero attached hydrogens (tertiary/aromatic N) is 6. The number of amides is 2. The summed E-state index contributed by atoms with van der Waals surface area (Å²) in [6, 6.07) is 19.6. The van der Waals surface area contributed by atoms with Crippen LogP contribution in [0.25, 0.3) is 0 Å². The Labute approximate surface area is 253 Å². The number of carbonyl (C=O) groups excluding carboxylic acids is 2. The molecule has 12 heteroatoms. The molecule has 0 spiro atoms. The van der Waals surface area contributed by atoms with Crippen molar-refractivity contribution in [2.24, 2.45) is 0 Å². The van der Waals surface area contributed by atoms with Crippen molar-refractivity contribution in [1.82, 2.24) is 30.0 Å². The van der Waals surface area contributed by atoms with Crippen LogP contribution in [0.3, 0.4) is 0 Å². The molecule has 2 N–H and O–H groups in total. The van der Waals surface area contributed by atoms with Gasteiger partial charge in [0.15, 0.2) is 0 Å². The van der Waals surface area contributed by atoms with Gasteiger partial charge >= 0.3 is 0 Å². The highest BCUT2D eigenvalue weighted by atomic mass is 16.5. The zero-order valence-corrected chi connectivity index (χ0v) is 23.9. The molecule has 2 amide bonds. The summed E-state index contributed by atoms with van der Waals surface area (Å²) in [7, 11) is 0. The third-order valence-electron chi connectivity index (χ3n) is 7.68. The van der Waals surface area contributed by atoms with Gasteiger partial charge in [-0.05, 0) is 47.2 Å². The van der Waals surface area contributed by atoms with Gasteiger partial charge in [0.25, 0.3) is 0 Å². The van der Waals surface area contributed by atoms with Crippen molar-refractivity contribution in [2.45, 2.75) is 52.0 Å². The maximum absolute atomic E-state index is 11.7. The zero-order chi connectivity index (χ0) is 29.9. The quantitative estimate of drug-likeness (QED) is 0.250. The number of nitrogens with one attached hydrogen (secondary N) is 2. The molecule has 0 fully saturated rings. The Balaban J connectivity index is 0.948. The van der Waals surface area contributed by atoms with Crippen molar-refractivity contribution in [3.05, 3.63) is 107 Å². The fourth-order valence-electron chi connectivity index (χ4n) is 5.37. The van der Waals surface area contributed by atoms with E-state index in [-0.39, 0.29) is 25.0 Å². The van der Waals surface area contributed by atoms with Crippen LogP contribution in [0, 0.1) is 0 Å². The number of hydrogen-bond acceptors (Lipinski definition) is 8. The van der Waals surface area contributed by atoms with Crippen LogP contribution >= 0.6 is 0 Å². The van der Waals surface area contributed by atoms with Crippen molar-refractivity contribution < 1.29 is 19.1 Å². The van der Waals surface area contributed by atoms with Gasteiger partial charge in [-0.1, -0.05) is 46.8 Å². The second kappa shape index (κ2) is 12.0. The molecule has 0 saturated heterocycles. The number of benzene rings is 3. The molecule has 0 saturated carbocycles. The van der Waals surface area contributed by atoms with Crippen molar-refractivity contribution >= 4 is 23.2 Å². The molecule has 2 aliphatic heterocycles. The van der Waals surface area contributed by atoms with E-state index < -0.39 is 0 Å². The second-order valence-electron chi connectivity index (χ2n) is 10.9. The van der Waals surface area contributed by atoms with Crippen LogP contribution < -0.4 is 20.1 Å². The van der Waals surface area contributed by atoms with Gasteiger partial charge in [0.05, 0.1) is 25.5 Å². The number of carbonyl (C=O) groups is 2. The lowest BCUT2D eigenvalue weighted by molar-refractivity contribution is -0.117. The highest BCUT2D eigenvalue weighted by Gasteiger charge is 2.17. The number of rotatable bonds is 10. The molecule has 4 heterocycles. The number of hydrogen-bond donors (Lipinski definition) is 2. The minimum atomic E-state index is 0.0234. The molecule has 44 heavy (non-hydrogen) atoms. The van der Waals surface area contributed by atoms with E-state index in [1.165, 1.54) is 0 Å². The van der Waals surface area contributed by atoms with E-state index in [0.717, 1.165) is 46.5 Å². The van der Waals surface area contributed by atoms with Crippen molar-refractivity contribution in [3.8, 4) is 11.5 Å². The third-order valence-corrected chi connectivity index (χ3v) is 7.68. The molecule has 2 aromatic heterocycles. The summed E-state index contributed by atoms with van der Waals surface area (Å²) in [6.07, 6.45) is 6.23. The van der Waals surface area contributed by atoms with E-state index in [9.17, 15) is 9.59 Å². The van der Waals surface area contributed by atoms with Crippen LogP contribution in [-0.2, 0) is 48.7 Å². The fourth-order valence-corrected chi connectivity index (χ4v) is 5.37. The maximum atomic E-state index is 11.7. The molecule has 0 radical (unpaired) electrons. The molecular weight excluding hydrogens is 560 g/mol. The van der Waals surface area contributed by atoms with Gasteiger partial charge in [0, 0.05) is 36.3 Å². The minimum absolute atomic E-state index is 0.0234. The lowest BCUT2D eigenvalue weighted by atomic mass is 10.0. The summed E-state index contributed by atoms with van der Waals surface area (Å²) in [6.45, 7) is 1.59. The van der Waals surface area contributed by atoms with Crippen LogP contribution in [0.2, 0.25) is 0 Å². The van der Waals surface area contributed by atoms with Crippen molar-refractivity contribution in [1.29, 1.82) is 0 Å². The summed E-state index contributed by atoms with van der Waals surface area (Å²) in [5.74, 6) is 1.38. The number of anilines is 2. The Morgan fingerprint density at radius 2 is 1.11 bits per heavy atom. The topological polar surface area (TPSA) is 138 Å². The van der Waals surface area contributed by atoms with E-state index in [2.05, 4.69) is 43.4 Å². The predicted molar refractivity (Wildman–Crippen MR) is 160 cm³/mol. The van der Waals surface area contributed by atoms with E-state index in [4.69, 9.17) is 9.47 Å². The van der Waals surface area contributed by atoms with Gasteiger partial charge in [0.1, 0.15) is 36.1 Å². The molecule has 5 aromatic rings. The number of aromatic nitrogens is 6. The maximum Gasteiger partial charge on any atom is 0.224 e. The Morgan fingerprint density at radius 1 is 0.636 bits per heavy atom. The Bertz CT molecular complexity index is 1710. The summed E-state index contributed by atoms with van der Waals surface area (Å²) in [4.78, 5) is 23.4. The first-order valence-corrected chi connectivity index (χ1v) is 14.5. The second-order valence-corrected chi connectivity index (χ2v) is 10.9. The molecule has 0 aliphatic carbocycles. The predicted octanol–water partition coefficient (Wildman–Crippen LogP) is 3.89. The van der Waals surface area contributed by atoms with E-state index in [0.29, 0.717) is 48.8 Å². The van der Waals surface area contributed by atoms with Crippen LogP contribution in [-0.4, -0.2) is 41.8 Å². The number of fused-ring (bicyclic) bond motifs is 2. The summed E-state index contributed by atoms with van der Waals surface area (Å²) < 4.78 is 15.4. The number of aryl methyl sites for hydroxylation is 2. The lowest BCUT2D eigenvalue weighted by Crippen LogP contribution is -2.18. The van der Waals surface area contributed by atoms with Gasteiger partial charge in [-0.3, -0.25) is 9.59 Å². The van der Waals surface area contributed by atoms with Crippen molar-refractivity contribution in [3.63, 3.8) is 0 Å². The van der Waals surface area contributed by atoms with E-state index in [1.54, 1.807) is 9.36 Å². The third kappa shape index (κ3) is 6.28. The summed E-state index contributed by atoms with van der Waals surface area (Å²) in [5.41, 5.74) is 7.39. The van der Waals surface area contributed by atoms with Crippen LogP contribution in [0.1, 0.15) is 46.5 Å². The Kier molecular flexibility index (Phi) is 7.45. The molecule has 12 nitrogen and oxygen atoms in total. The molecule has 0 unspecified atom stereocenters. The van der Waals surface area contributed by atoms with Gasteiger partial charge in [-0.25, -0.2) is 9.36 Å². The van der Waals surface area contributed by atoms with Crippen LogP contribution in [0.15, 0.2) is 73.1 Å². The highest BCUT2D eigenvalue weighted by molar-refractivity contribution is 5.94. The Morgan fingerprint density at radius 3 is 1.59 bits per heavy atom. The first-order chi connectivity index (χ1) is 21.5. The highest BCUT2D eigenvalue weighted by Crippen LogP contribution is 2.28. The molecule has 7 rings (SSSR count). The van der Waals surface area contributed by atoms with Crippen molar-refractivity contribution in [2.75, 3.05) is 10.6 Å². The smallest absolute Gasteiger partial charge is 0.224 e. The average molecular weight is 591 g/mol. The SMILES string of the molecule is O=C1CCc2ccc(OCc3cn(Cc4ccccc4Cn4cc(COc5ccc6c(c5)NC(=O)CC6)nn4)nn3)cc2N1. The minimum Gasteiger partial charge on any atom is -0.487 e. The van der Waals surface area contributed by atoms with E-state index >= 15 is 0 Å². The first kappa shape index (κ1) is 27.3. The zero-order valence-electron chi connectivity index (χ0n) is 23.9. The molecule has 2 aliphatic rings. The Hall–Kier alpha value is -5.52. The van der Waals surface area contributed by atoms with Gasteiger partial charge < -0.3 is 20.1 Å². The molecule has 0 bridgehead atoms. The average Bonchev–Trinajstić information content (AvgIpc) is 3.68. The number of ether oxygens (including phenoxy) is 2. The van der Waals surface area contributed by atoms with Gasteiger partial charge in [-0.2, -0.15) is 0 Å². The van der Waals surface area contributed by atoms with Gasteiger partial charge in [0.2, 0.25) is 11.8 Å². The summed E-state index contributed by atoms with van der Waals surface area (Å²) in [5, 5.41) is 22.9. The molecule has 0 atom stereocenters. The lowest BCUT2D eigenvalue weighted by Gasteiger charge is -2.17. The molecule has 3 aromatic carbocycles.